The second kappa shape index (κ2) is 8.32. The lowest BCUT2D eigenvalue weighted by Gasteiger charge is -2.26. The molecule has 0 saturated carbocycles. The molecule has 1 aliphatic rings. The molecule has 1 aromatic heterocycles. The molecular weight excluding hydrogens is 392 g/mol. The Hall–Kier alpha value is -2.74. The summed E-state index contributed by atoms with van der Waals surface area (Å²) in [5, 5.41) is 31.2. The van der Waals surface area contributed by atoms with Crippen molar-refractivity contribution in [3.8, 4) is 28.2 Å². The summed E-state index contributed by atoms with van der Waals surface area (Å²) in [5.74, 6) is 1.38. The van der Waals surface area contributed by atoms with Crippen LogP contribution in [0.1, 0.15) is 6.92 Å². The monoisotopic (exact) mass is 414 g/mol. The molecule has 0 amide bonds. The minimum absolute atomic E-state index is 0.0998. The zero-order chi connectivity index (χ0) is 20.4. The summed E-state index contributed by atoms with van der Waals surface area (Å²) in [7, 11) is 0. The normalized spacial score (nSPS) is 15.3. The van der Waals surface area contributed by atoms with Crippen LogP contribution < -0.4 is 15.5 Å². The van der Waals surface area contributed by atoms with Crippen molar-refractivity contribution in [2.45, 2.75) is 13.2 Å². The Morgan fingerprint density at radius 1 is 1.17 bits per heavy atom. The van der Waals surface area contributed by atoms with E-state index < -0.39 is 6.23 Å². The number of hydrogen-bond acceptors (Lipinski definition) is 7. The van der Waals surface area contributed by atoms with E-state index in [1.807, 2.05) is 24.3 Å². The summed E-state index contributed by atoms with van der Waals surface area (Å²) in [6.45, 7) is 5.16. The lowest BCUT2D eigenvalue weighted by molar-refractivity contribution is 0.224. The molecular formula is C21H23ClN4O3. The predicted octanol–water partition coefficient (Wildman–Crippen LogP) is 3.53. The molecule has 0 bridgehead atoms. The van der Waals surface area contributed by atoms with Gasteiger partial charge >= 0.3 is 0 Å². The number of phenolic OH excluding ortho intramolecular Hbond substituents is 1. The zero-order valence-electron chi connectivity index (χ0n) is 16.0. The van der Waals surface area contributed by atoms with Crippen molar-refractivity contribution < 1.29 is 14.7 Å². The summed E-state index contributed by atoms with van der Waals surface area (Å²) in [4.78, 5) is 2.15. The number of rotatable bonds is 5. The third-order valence-electron chi connectivity index (χ3n) is 4.88. The van der Waals surface area contributed by atoms with Gasteiger partial charge in [-0.15, -0.1) is 0 Å². The average molecular weight is 415 g/mol. The molecule has 1 atom stereocenters. The molecule has 1 unspecified atom stereocenters. The van der Waals surface area contributed by atoms with Gasteiger partial charge in [-0.25, -0.2) is 0 Å². The minimum atomic E-state index is -0.716. The third-order valence-corrected chi connectivity index (χ3v) is 5.20. The van der Waals surface area contributed by atoms with Crippen LogP contribution in [0.25, 0.3) is 22.5 Å². The van der Waals surface area contributed by atoms with E-state index in [2.05, 4.69) is 20.7 Å². The SMILES string of the molecule is CC(O)Nc1ccc(-c2cccc(-c3cc(N4CCNCC4)no3)c2O)cc1Cl. The van der Waals surface area contributed by atoms with Crippen molar-refractivity contribution in [2.24, 2.45) is 0 Å². The molecule has 4 rings (SSSR count). The van der Waals surface area contributed by atoms with Gasteiger partial charge in [-0.05, 0) is 30.7 Å². The molecule has 0 aliphatic carbocycles. The molecule has 1 fully saturated rings. The molecule has 7 nitrogen and oxygen atoms in total. The van der Waals surface area contributed by atoms with Crippen molar-refractivity contribution in [1.29, 1.82) is 0 Å². The number of benzene rings is 2. The number of aromatic nitrogens is 1. The molecule has 0 radical (unpaired) electrons. The Morgan fingerprint density at radius 2 is 1.93 bits per heavy atom. The lowest BCUT2D eigenvalue weighted by atomic mass is 10.00. The molecule has 29 heavy (non-hydrogen) atoms. The minimum Gasteiger partial charge on any atom is -0.507 e. The van der Waals surface area contributed by atoms with Crippen molar-refractivity contribution in [1.82, 2.24) is 10.5 Å². The standard InChI is InChI=1S/C21H23ClN4O3/c1-13(27)24-18-6-5-14(11-17(18)22)15-3-2-4-16(21(15)28)19-12-20(25-29-19)26-9-7-23-8-10-26/h2-6,11-13,23-24,27-28H,7-10H2,1H3. The largest absolute Gasteiger partial charge is 0.507 e. The summed E-state index contributed by atoms with van der Waals surface area (Å²) in [6.07, 6.45) is -0.716. The first kappa shape index (κ1) is 19.6. The highest BCUT2D eigenvalue weighted by atomic mass is 35.5. The van der Waals surface area contributed by atoms with Crippen LogP contribution in [-0.4, -0.2) is 47.8 Å². The first-order chi connectivity index (χ1) is 14.0. The van der Waals surface area contributed by atoms with Gasteiger partial charge in [0.2, 0.25) is 0 Å². The molecule has 2 heterocycles. The van der Waals surface area contributed by atoms with Gasteiger partial charge in [-0.3, -0.25) is 0 Å². The van der Waals surface area contributed by atoms with Crippen LogP contribution in [0.15, 0.2) is 47.0 Å². The number of hydrogen-bond donors (Lipinski definition) is 4. The van der Waals surface area contributed by atoms with Gasteiger partial charge < -0.3 is 30.3 Å². The van der Waals surface area contributed by atoms with E-state index >= 15 is 0 Å². The first-order valence-electron chi connectivity index (χ1n) is 9.52. The Morgan fingerprint density at radius 3 is 2.66 bits per heavy atom. The van der Waals surface area contributed by atoms with Crippen molar-refractivity contribution in [3.63, 3.8) is 0 Å². The van der Waals surface area contributed by atoms with Crippen LogP contribution in [0.2, 0.25) is 5.02 Å². The first-order valence-corrected chi connectivity index (χ1v) is 9.90. The van der Waals surface area contributed by atoms with Crippen LogP contribution in [0.5, 0.6) is 5.75 Å². The van der Waals surface area contributed by atoms with Gasteiger partial charge in [0.1, 0.15) is 12.0 Å². The Bertz CT molecular complexity index is 999. The maximum absolute atomic E-state index is 10.9. The average Bonchev–Trinajstić information content (AvgIpc) is 3.20. The Labute approximate surface area is 173 Å². The highest BCUT2D eigenvalue weighted by molar-refractivity contribution is 6.33. The zero-order valence-corrected chi connectivity index (χ0v) is 16.8. The van der Waals surface area contributed by atoms with Crippen LogP contribution in [0, 0.1) is 0 Å². The van der Waals surface area contributed by atoms with E-state index in [-0.39, 0.29) is 5.75 Å². The number of para-hydroxylation sites is 1. The van der Waals surface area contributed by atoms with Crippen molar-refractivity contribution >= 4 is 23.1 Å². The van der Waals surface area contributed by atoms with E-state index in [1.54, 1.807) is 25.1 Å². The highest BCUT2D eigenvalue weighted by Crippen LogP contribution is 2.40. The van der Waals surface area contributed by atoms with Crippen LogP contribution >= 0.6 is 11.6 Å². The molecule has 0 spiro atoms. The molecule has 152 valence electrons. The summed E-state index contributed by atoms with van der Waals surface area (Å²) in [5.41, 5.74) is 2.58. The molecule has 1 aliphatic heterocycles. The smallest absolute Gasteiger partial charge is 0.172 e. The van der Waals surface area contributed by atoms with Crippen LogP contribution in [0.4, 0.5) is 11.5 Å². The molecule has 4 N–H and O–H groups in total. The van der Waals surface area contributed by atoms with Gasteiger partial charge in [0.15, 0.2) is 11.6 Å². The quantitative estimate of drug-likeness (QED) is 0.474. The van der Waals surface area contributed by atoms with Gasteiger partial charge in [0.05, 0.1) is 16.3 Å². The maximum atomic E-state index is 10.9. The fourth-order valence-corrected chi connectivity index (χ4v) is 3.67. The number of phenols is 1. The van der Waals surface area contributed by atoms with Crippen molar-refractivity contribution in [3.05, 3.63) is 47.5 Å². The number of anilines is 2. The van der Waals surface area contributed by atoms with E-state index in [9.17, 15) is 10.2 Å². The number of aromatic hydroxyl groups is 1. The fourth-order valence-electron chi connectivity index (χ4n) is 3.44. The van der Waals surface area contributed by atoms with Crippen LogP contribution in [0.3, 0.4) is 0 Å². The van der Waals surface area contributed by atoms with Gasteiger partial charge in [0.25, 0.3) is 0 Å². The highest BCUT2D eigenvalue weighted by Gasteiger charge is 2.19. The Kier molecular flexibility index (Phi) is 5.62. The van der Waals surface area contributed by atoms with E-state index in [1.165, 1.54) is 0 Å². The number of aliphatic hydroxyl groups is 1. The molecule has 2 aromatic carbocycles. The molecule has 3 aromatic rings. The number of nitrogens with zero attached hydrogens (tertiary/aromatic N) is 2. The topological polar surface area (TPSA) is 93.8 Å². The van der Waals surface area contributed by atoms with E-state index in [0.29, 0.717) is 27.6 Å². The number of piperazine rings is 1. The van der Waals surface area contributed by atoms with Crippen LogP contribution in [-0.2, 0) is 0 Å². The summed E-state index contributed by atoms with van der Waals surface area (Å²) < 4.78 is 5.53. The lowest BCUT2D eigenvalue weighted by Crippen LogP contribution is -2.43. The Balaban J connectivity index is 1.64. The predicted molar refractivity (Wildman–Crippen MR) is 114 cm³/mol. The van der Waals surface area contributed by atoms with E-state index in [4.69, 9.17) is 16.1 Å². The van der Waals surface area contributed by atoms with Gasteiger partial charge in [-0.1, -0.05) is 35.0 Å². The number of halogens is 1. The fraction of sp³-hybridized carbons (Fsp3) is 0.286. The second-order valence-electron chi connectivity index (χ2n) is 7.00. The number of aliphatic hydroxyl groups excluding tert-OH is 1. The van der Waals surface area contributed by atoms with Crippen molar-refractivity contribution in [2.75, 3.05) is 36.4 Å². The van der Waals surface area contributed by atoms with Gasteiger partial charge in [-0.2, -0.15) is 0 Å². The third kappa shape index (κ3) is 4.17. The maximum Gasteiger partial charge on any atom is 0.172 e. The summed E-state index contributed by atoms with van der Waals surface area (Å²) >= 11 is 6.33. The van der Waals surface area contributed by atoms with Gasteiger partial charge in [0, 0.05) is 37.8 Å². The van der Waals surface area contributed by atoms with E-state index in [0.717, 1.165) is 37.6 Å². The molecule has 1 saturated heterocycles. The number of nitrogens with one attached hydrogen (secondary N) is 2. The summed E-state index contributed by atoms with van der Waals surface area (Å²) in [6, 6.07) is 12.7. The second-order valence-corrected chi connectivity index (χ2v) is 7.41. The molecule has 8 heteroatoms.